The number of furan rings is 1. The second-order valence-corrected chi connectivity index (χ2v) is 12.2. The van der Waals surface area contributed by atoms with E-state index >= 15 is 0 Å². The number of ether oxygens (including phenoxy) is 1. The lowest BCUT2D eigenvalue weighted by Crippen LogP contribution is -2.11. The van der Waals surface area contributed by atoms with E-state index in [4.69, 9.17) is 28.0 Å². The lowest BCUT2D eigenvalue weighted by Gasteiger charge is -2.27. The molecule has 50 heavy (non-hydrogen) atoms. The Hall–Kier alpha value is -6.86. The lowest BCUT2D eigenvalue weighted by atomic mass is 10.1. The fraction of sp³-hybridized carbons (Fsp3) is 0.0233. The zero-order valence-corrected chi connectivity index (χ0v) is 26.8. The molecule has 0 aliphatic rings. The summed E-state index contributed by atoms with van der Waals surface area (Å²) in [6, 6.07) is 48.7. The van der Waals surface area contributed by atoms with Crippen LogP contribution in [0.15, 0.2) is 159 Å². The Morgan fingerprint density at radius 2 is 1.08 bits per heavy atom. The highest BCUT2D eigenvalue weighted by molar-refractivity contribution is 6.11. The molecular weight excluding hydrogens is 622 g/mol. The molecule has 3 heterocycles. The molecule has 7 heteroatoms. The smallest absolute Gasteiger partial charge is 0.227 e. The van der Waals surface area contributed by atoms with Crippen molar-refractivity contribution < 1.29 is 18.0 Å². The first-order valence-corrected chi connectivity index (χ1v) is 16.3. The highest BCUT2D eigenvalue weighted by atomic mass is 16.5. The van der Waals surface area contributed by atoms with Gasteiger partial charge >= 0.3 is 0 Å². The standard InChI is InChI=1S/C43H27N3O4/c1-47-41-24-29(43-45-35-11-5-7-13-38(35)50-43)16-21-36(41)46(30-17-14-26(15-18-30)42-44-34-10-4-6-12-37(34)49-42)31-19-20-32-33-22-27-8-2-3-9-28(27)23-39(33)48-40(32)25-31/h2-25H,1H3. The minimum atomic E-state index is 0.529. The van der Waals surface area contributed by atoms with E-state index in [0.717, 1.165) is 77.7 Å². The predicted octanol–water partition coefficient (Wildman–Crippen LogP) is 11.8. The van der Waals surface area contributed by atoms with Crippen molar-refractivity contribution in [3.63, 3.8) is 0 Å². The van der Waals surface area contributed by atoms with Gasteiger partial charge in [0.2, 0.25) is 11.8 Å². The van der Waals surface area contributed by atoms with Gasteiger partial charge in [0, 0.05) is 33.7 Å². The number of benzene rings is 7. The van der Waals surface area contributed by atoms with Gasteiger partial charge in [-0.1, -0.05) is 48.5 Å². The van der Waals surface area contributed by atoms with Crippen LogP contribution in [0.2, 0.25) is 0 Å². The number of nitrogens with zero attached hydrogens (tertiary/aromatic N) is 3. The van der Waals surface area contributed by atoms with Crippen molar-refractivity contribution in [3.05, 3.63) is 146 Å². The second kappa shape index (κ2) is 11.1. The van der Waals surface area contributed by atoms with Gasteiger partial charge in [-0.3, -0.25) is 0 Å². The highest BCUT2D eigenvalue weighted by Gasteiger charge is 2.21. The van der Waals surface area contributed by atoms with E-state index in [9.17, 15) is 0 Å². The molecule has 238 valence electrons. The molecule has 0 unspecified atom stereocenters. The number of methoxy groups -OCH3 is 1. The maximum absolute atomic E-state index is 6.49. The maximum Gasteiger partial charge on any atom is 0.227 e. The van der Waals surface area contributed by atoms with Crippen molar-refractivity contribution in [3.8, 4) is 28.7 Å². The molecule has 0 bridgehead atoms. The summed E-state index contributed by atoms with van der Waals surface area (Å²) < 4.78 is 24.7. The summed E-state index contributed by atoms with van der Waals surface area (Å²) in [5.41, 5.74) is 9.11. The van der Waals surface area contributed by atoms with Crippen LogP contribution in [0.3, 0.4) is 0 Å². The zero-order valence-electron chi connectivity index (χ0n) is 26.8. The van der Waals surface area contributed by atoms with E-state index in [1.165, 1.54) is 5.39 Å². The van der Waals surface area contributed by atoms with E-state index in [1.54, 1.807) is 7.11 Å². The van der Waals surface area contributed by atoms with Crippen LogP contribution in [0.5, 0.6) is 5.75 Å². The monoisotopic (exact) mass is 649 g/mol. The number of hydrogen-bond donors (Lipinski definition) is 0. The predicted molar refractivity (Wildman–Crippen MR) is 198 cm³/mol. The topological polar surface area (TPSA) is 77.7 Å². The first-order chi connectivity index (χ1) is 24.7. The Bertz CT molecular complexity index is 2820. The molecule has 0 spiro atoms. The van der Waals surface area contributed by atoms with Crippen molar-refractivity contribution in [1.29, 1.82) is 0 Å². The van der Waals surface area contributed by atoms with Gasteiger partial charge in [0.05, 0.1) is 18.5 Å². The van der Waals surface area contributed by atoms with Crippen LogP contribution in [0.1, 0.15) is 0 Å². The summed E-state index contributed by atoms with van der Waals surface area (Å²) in [6.45, 7) is 0. The quantitative estimate of drug-likeness (QED) is 0.177. The van der Waals surface area contributed by atoms with Crippen molar-refractivity contribution in [2.24, 2.45) is 0 Å². The SMILES string of the molecule is COc1cc(-c2nc3ccccc3o2)ccc1N(c1ccc(-c2nc3ccccc3o2)cc1)c1ccc2c(c1)oc1cc3ccccc3cc12. The van der Waals surface area contributed by atoms with E-state index in [2.05, 4.69) is 65.6 Å². The molecule has 10 aromatic rings. The Morgan fingerprint density at radius 3 is 1.78 bits per heavy atom. The Kier molecular flexibility index (Phi) is 6.26. The average molecular weight is 650 g/mol. The molecular formula is C43H27N3O4. The van der Waals surface area contributed by atoms with Gasteiger partial charge < -0.3 is 22.9 Å². The summed E-state index contributed by atoms with van der Waals surface area (Å²) in [6.07, 6.45) is 0. The van der Waals surface area contributed by atoms with Gasteiger partial charge in [-0.25, -0.2) is 9.97 Å². The van der Waals surface area contributed by atoms with E-state index < -0.39 is 0 Å². The van der Waals surface area contributed by atoms with E-state index in [0.29, 0.717) is 17.5 Å². The van der Waals surface area contributed by atoms with Gasteiger partial charge in [-0.15, -0.1) is 0 Å². The average Bonchev–Trinajstić information content (AvgIpc) is 3.89. The molecule has 7 nitrogen and oxygen atoms in total. The van der Waals surface area contributed by atoms with Crippen molar-refractivity contribution in [2.75, 3.05) is 12.0 Å². The molecule has 0 aliphatic heterocycles. The fourth-order valence-corrected chi connectivity index (χ4v) is 6.76. The first-order valence-electron chi connectivity index (χ1n) is 16.3. The Labute approximate surface area is 285 Å². The number of aromatic nitrogens is 2. The van der Waals surface area contributed by atoms with E-state index in [1.807, 2.05) is 84.9 Å². The highest BCUT2D eigenvalue weighted by Crippen LogP contribution is 2.44. The lowest BCUT2D eigenvalue weighted by molar-refractivity contribution is 0.416. The minimum Gasteiger partial charge on any atom is -0.495 e. The van der Waals surface area contributed by atoms with Crippen LogP contribution in [0.4, 0.5) is 17.1 Å². The molecule has 3 aromatic heterocycles. The third kappa shape index (κ3) is 4.59. The second-order valence-electron chi connectivity index (χ2n) is 12.2. The fourth-order valence-electron chi connectivity index (χ4n) is 6.76. The molecule has 7 aromatic carbocycles. The van der Waals surface area contributed by atoms with Gasteiger partial charge in [-0.2, -0.15) is 0 Å². The van der Waals surface area contributed by atoms with Crippen molar-refractivity contribution in [1.82, 2.24) is 9.97 Å². The van der Waals surface area contributed by atoms with Gasteiger partial charge in [-0.05, 0) is 102 Å². The van der Waals surface area contributed by atoms with Gasteiger partial charge in [0.1, 0.15) is 27.9 Å². The maximum atomic E-state index is 6.49. The van der Waals surface area contributed by atoms with Gasteiger partial charge in [0.25, 0.3) is 0 Å². The third-order valence-electron chi connectivity index (χ3n) is 9.21. The number of rotatable bonds is 6. The zero-order chi connectivity index (χ0) is 33.2. The molecule has 10 rings (SSSR count). The molecule has 0 radical (unpaired) electrons. The number of anilines is 3. The number of hydrogen-bond acceptors (Lipinski definition) is 7. The van der Waals surface area contributed by atoms with E-state index in [-0.39, 0.29) is 0 Å². The van der Waals surface area contributed by atoms with Crippen LogP contribution in [-0.2, 0) is 0 Å². The Balaban J connectivity index is 1.12. The van der Waals surface area contributed by atoms with Crippen LogP contribution >= 0.6 is 0 Å². The summed E-state index contributed by atoms with van der Waals surface area (Å²) >= 11 is 0. The summed E-state index contributed by atoms with van der Waals surface area (Å²) in [5.74, 6) is 1.76. The van der Waals surface area contributed by atoms with Crippen LogP contribution in [-0.4, -0.2) is 17.1 Å². The third-order valence-corrected chi connectivity index (χ3v) is 9.21. The Morgan fingerprint density at radius 1 is 0.480 bits per heavy atom. The minimum absolute atomic E-state index is 0.529. The van der Waals surface area contributed by atoms with Gasteiger partial charge in [0.15, 0.2) is 11.2 Å². The summed E-state index contributed by atoms with van der Waals surface area (Å²) in [7, 11) is 1.68. The van der Waals surface area contributed by atoms with Crippen LogP contribution in [0.25, 0.3) is 77.8 Å². The van der Waals surface area contributed by atoms with Crippen molar-refractivity contribution in [2.45, 2.75) is 0 Å². The molecule has 0 N–H and O–H groups in total. The summed E-state index contributed by atoms with van der Waals surface area (Å²) in [5, 5.41) is 4.46. The van der Waals surface area contributed by atoms with Crippen LogP contribution in [0, 0.1) is 0 Å². The normalized spacial score (nSPS) is 11.7. The molecule has 0 saturated heterocycles. The molecule has 0 fully saturated rings. The molecule has 0 amide bonds. The van der Waals surface area contributed by atoms with Crippen LogP contribution < -0.4 is 9.64 Å². The number of fused-ring (bicyclic) bond motifs is 6. The van der Waals surface area contributed by atoms with Crippen molar-refractivity contribution >= 4 is 72.0 Å². The number of para-hydroxylation sites is 4. The largest absolute Gasteiger partial charge is 0.495 e. The molecule has 0 atom stereocenters. The molecule has 0 aliphatic carbocycles. The molecule has 0 saturated carbocycles. The number of oxazole rings is 2. The first kappa shape index (κ1) is 28.2. The summed E-state index contributed by atoms with van der Waals surface area (Å²) in [4.78, 5) is 11.6.